The van der Waals surface area contributed by atoms with E-state index in [0.29, 0.717) is 10.8 Å². The van der Waals surface area contributed by atoms with Gasteiger partial charge in [-0.25, -0.2) is 8.42 Å². The molecule has 0 saturated heterocycles. The van der Waals surface area contributed by atoms with E-state index in [4.69, 9.17) is 5.11 Å². The van der Waals surface area contributed by atoms with E-state index < -0.39 is 9.84 Å². The number of hydrogen-bond acceptors (Lipinski definition) is 4. The molecule has 0 spiro atoms. The molecule has 0 aliphatic carbocycles. The van der Waals surface area contributed by atoms with Crippen molar-refractivity contribution in [3.8, 4) is 0 Å². The predicted molar refractivity (Wildman–Crippen MR) is 82.8 cm³/mol. The number of aliphatic hydroxyl groups is 1. The molecule has 114 valence electrons. The number of benzene rings is 1. The van der Waals surface area contributed by atoms with Crippen LogP contribution in [-0.2, 0) is 9.84 Å². The Hall–Kier alpha value is -1.07. The fraction of sp³-hybridized carbons (Fsp3) is 0.600. The lowest BCUT2D eigenvalue weighted by Crippen LogP contribution is -2.15. The first kappa shape index (κ1) is 17.0. The lowest BCUT2D eigenvalue weighted by molar-refractivity contribution is 0.255. The third kappa shape index (κ3) is 5.13. The summed E-state index contributed by atoms with van der Waals surface area (Å²) >= 11 is 0. The van der Waals surface area contributed by atoms with Gasteiger partial charge in [0.1, 0.15) is 0 Å². The van der Waals surface area contributed by atoms with Crippen molar-refractivity contribution in [1.29, 1.82) is 0 Å². The van der Waals surface area contributed by atoms with Crippen LogP contribution in [-0.4, -0.2) is 32.4 Å². The van der Waals surface area contributed by atoms with Crippen LogP contribution >= 0.6 is 0 Å². The van der Waals surface area contributed by atoms with Crippen LogP contribution in [0.4, 0.5) is 5.69 Å². The number of sulfone groups is 1. The Morgan fingerprint density at radius 1 is 1.15 bits per heavy atom. The van der Waals surface area contributed by atoms with Crippen molar-refractivity contribution in [3.63, 3.8) is 0 Å². The minimum absolute atomic E-state index is 0.120. The van der Waals surface area contributed by atoms with Gasteiger partial charge in [0.05, 0.1) is 10.6 Å². The number of hydrogen-bond donors (Lipinski definition) is 2. The molecule has 0 amide bonds. The highest BCUT2D eigenvalue weighted by molar-refractivity contribution is 7.91. The molecule has 0 fully saturated rings. The van der Waals surface area contributed by atoms with Gasteiger partial charge in [0.15, 0.2) is 9.84 Å². The molecular weight excluding hydrogens is 274 g/mol. The van der Waals surface area contributed by atoms with Gasteiger partial charge >= 0.3 is 0 Å². The zero-order valence-electron chi connectivity index (χ0n) is 12.3. The Labute approximate surface area is 122 Å². The Kier molecular flexibility index (Phi) is 7.02. The summed E-state index contributed by atoms with van der Waals surface area (Å²) in [4.78, 5) is 0.367. The largest absolute Gasteiger partial charge is 0.396 e. The van der Waals surface area contributed by atoms with E-state index in [-0.39, 0.29) is 12.4 Å². The third-order valence-electron chi connectivity index (χ3n) is 3.42. The van der Waals surface area contributed by atoms with Crippen molar-refractivity contribution in [3.05, 3.63) is 24.3 Å². The van der Waals surface area contributed by atoms with Crippen LogP contribution in [0.2, 0.25) is 0 Å². The minimum atomic E-state index is -3.12. The Bertz CT molecular complexity index is 476. The summed E-state index contributed by atoms with van der Waals surface area (Å²) in [6.07, 6.45) is 2.97. The maximum Gasteiger partial charge on any atom is 0.178 e. The smallest absolute Gasteiger partial charge is 0.178 e. The average molecular weight is 299 g/mol. The molecule has 0 aliphatic heterocycles. The van der Waals surface area contributed by atoms with Crippen molar-refractivity contribution < 1.29 is 13.5 Å². The molecule has 4 nitrogen and oxygen atoms in total. The fourth-order valence-electron chi connectivity index (χ4n) is 2.15. The van der Waals surface area contributed by atoms with Crippen LogP contribution in [0, 0.1) is 5.92 Å². The van der Waals surface area contributed by atoms with Crippen molar-refractivity contribution >= 4 is 15.5 Å². The summed E-state index contributed by atoms with van der Waals surface area (Å²) in [5.74, 6) is 0.568. The maximum atomic E-state index is 11.7. The first-order valence-electron chi connectivity index (χ1n) is 7.21. The molecule has 1 aromatic carbocycles. The molecule has 0 heterocycles. The molecule has 0 bridgehead atoms. The summed E-state index contributed by atoms with van der Waals surface area (Å²) in [6, 6.07) is 6.87. The average Bonchev–Trinajstić information content (AvgIpc) is 2.46. The van der Waals surface area contributed by atoms with Gasteiger partial charge < -0.3 is 10.4 Å². The molecule has 20 heavy (non-hydrogen) atoms. The van der Waals surface area contributed by atoms with Gasteiger partial charge in [-0.1, -0.05) is 20.3 Å². The molecule has 1 rings (SSSR count). The van der Waals surface area contributed by atoms with E-state index in [1.807, 2.05) is 0 Å². The molecule has 1 unspecified atom stereocenters. The lowest BCUT2D eigenvalue weighted by Gasteiger charge is -2.16. The van der Waals surface area contributed by atoms with Crippen molar-refractivity contribution in [1.82, 2.24) is 0 Å². The molecule has 1 aromatic rings. The molecule has 0 aromatic heterocycles. The second-order valence-electron chi connectivity index (χ2n) is 4.98. The molecule has 0 saturated carbocycles. The lowest BCUT2D eigenvalue weighted by atomic mass is 10.0. The fourth-order valence-corrected chi connectivity index (χ4v) is 3.03. The summed E-state index contributed by atoms with van der Waals surface area (Å²) in [5.41, 5.74) is 0.916. The Morgan fingerprint density at radius 2 is 1.80 bits per heavy atom. The van der Waals surface area contributed by atoms with Crippen molar-refractivity contribution in [2.45, 2.75) is 38.0 Å². The van der Waals surface area contributed by atoms with Gasteiger partial charge in [-0.15, -0.1) is 0 Å². The summed E-state index contributed by atoms with van der Waals surface area (Å²) in [5, 5.41) is 12.3. The van der Waals surface area contributed by atoms with Crippen LogP contribution in [0.3, 0.4) is 0 Å². The van der Waals surface area contributed by atoms with Gasteiger partial charge in [0.25, 0.3) is 0 Å². The van der Waals surface area contributed by atoms with E-state index in [0.717, 1.165) is 31.5 Å². The first-order chi connectivity index (χ1) is 9.53. The molecular formula is C15H25NO3S. The second-order valence-corrected chi connectivity index (χ2v) is 7.25. The number of rotatable bonds is 9. The van der Waals surface area contributed by atoms with E-state index >= 15 is 0 Å². The summed E-state index contributed by atoms with van der Waals surface area (Å²) < 4.78 is 23.4. The van der Waals surface area contributed by atoms with E-state index in [2.05, 4.69) is 12.2 Å². The summed E-state index contributed by atoms with van der Waals surface area (Å²) in [6.45, 7) is 4.79. The standard InChI is InChI=1S/C15H25NO3S/c1-3-5-13(10-11-17)12-16-14-6-8-15(9-7-14)20(18,19)4-2/h6-9,13,16-17H,3-5,10-12H2,1-2H3. The van der Waals surface area contributed by atoms with Crippen molar-refractivity contribution in [2.75, 3.05) is 24.2 Å². The Morgan fingerprint density at radius 3 is 2.30 bits per heavy atom. The van der Waals surface area contributed by atoms with Gasteiger partial charge in [-0.3, -0.25) is 0 Å². The second kappa shape index (κ2) is 8.27. The quantitative estimate of drug-likeness (QED) is 0.736. The van der Waals surface area contributed by atoms with E-state index in [1.165, 1.54) is 0 Å². The topological polar surface area (TPSA) is 66.4 Å². The van der Waals surface area contributed by atoms with Crippen LogP contribution in [0.25, 0.3) is 0 Å². The third-order valence-corrected chi connectivity index (χ3v) is 5.17. The SMILES string of the molecule is CCCC(CCO)CNc1ccc(S(=O)(=O)CC)cc1. The Balaban J connectivity index is 2.61. The van der Waals surface area contributed by atoms with E-state index in [9.17, 15) is 8.42 Å². The number of nitrogens with one attached hydrogen (secondary N) is 1. The zero-order chi connectivity index (χ0) is 15.0. The molecule has 0 radical (unpaired) electrons. The van der Waals surface area contributed by atoms with Crippen LogP contribution < -0.4 is 5.32 Å². The monoisotopic (exact) mass is 299 g/mol. The van der Waals surface area contributed by atoms with Gasteiger partial charge in [0.2, 0.25) is 0 Å². The molecule has 2 N–H and O–H groups in total. The minimum Gasteiger partial charge on any atom is -0.396 e. The predicted octanol–water partition coefficient (Wildman–Crippen LogP) is 2.69. The number of aliphatic hydroxyl groups excluding tert-OH is 1. The maximum absolute atomic E-state index is 11.7. The number of anilines is 1. The van der Waals surface area contributed by atoms with Crippen LogP contribution in [0.1, 0.15) is 33.1 Å². The highest BCUT2D eigenvalue weighted by Gasteiger charge is 2.11. The zero-order valence-corrected chi connectivity index (χ0v) is 13.1. The summed E-state index contributed by atoms with van der Waals surface area (Å²) in [7, 11) is -3.12. The molecule has 5 heteroatoms. The van der Waals surface area contributed by atoms with Crippen LogP contribution in [0.15, 0.2) is 29.2 Å². The molecule has 0 aliphatic rings. The highest BCUT2D eigenvalue weighted by Crippen LogP contribution is 2.17. The van der Waals surface area contributed by atoms with Crippen molar-refractivity contribution in [2.24, 2.45) is 5.92 Å². The van der Waals surface area contributed by atoms with Gasteiger partial charge in [0, 0.05) is 18.8 Å². The first-order valence-corrected chi connectivity index (χ1v) is 8.86. The van der Waals surface area contributed by atoms with Gasteiger partial charge in [-0.05, 0) is 43.0 Å². The highest BCUT2D eigenvalue weighted by atomic mass is 32.2. The van der Waals surface area contributed by atoms with Crippen LogP contribution in [0.5, 0.6) is 0 Å². The normalized spacial score (nSPS) is 13.2. The van der Waals surface area contributed by atoms with E-state index in [1.54, 1.807) is 31.2 Å². The molecule has 1 atom stereocenters. The van der Waals surface area contributed by atoms with Gasteiger partial charge in [-0.2, -0.15) is 0 Å².